The summed E-state index contributed by atoms with van der Waals surface area (Å²) in [6, 6.07) is 0. The number of hydrogen-bond donors (Lipinski definition) is 1. The lowest BCUT2D eigenvalue weighted by atomic mass is 9.94. The number of carboxylic acid groups (broad SMARTS) is 1. The van der Waals surface area contributed by atoms with Crippen LogP contribution in [-0.2, 0) is 4.79 Å². The van der Waals surface area contributed by atoms with Gasteiger partial charge in [0.05, 0.1) is 5.92 Å². The normalized spacial score (nSPS) is 12.6. The second-order valence-electron chi connectivity index (χ2n) is 8.61. The number of rotatable bonds is 22. The highest BCUT2D eigenvalue weighted by Crippen LogP contribution is 2.19. The van der Waals surface area contributed by atoms with Crippen molar-refractivity contribution in [2.45, 2.75) is 142 Å². The number of unbranched alkanes of at least 4 members (excludes halogenated alkanes) is 15. The summed E-state index contributed by atoms with van der Waals surface area (Å²) in [7, 11) is 0. The van der Waals surface area contributed by atoms with Gasteiger partial charge < -0.3 is 5.11 Å². The fraction of sp³-hybridized carbons (Fsp3) is 0.885. The highest BCUT2D eigenvalue weighted by Gasteiger charge is 2.16. The van der Waals surface area contributed by atoms with E-state index < -0.39 is 5.97 Å². The summed E-state index contributed by atoms with van der Waals surface area (Å²) >= 11 is 0. The summed E-state index contributed by atoms with van der Waals surface area (Å²) in [4.78, 5) is 11.4. The molecular weight excluding hydrogens is 344 g/mol. The lowest BCUT2D eigenvalue weighted by Crippen LogP contribution is -2.13. The summed E-state index contributed by atoms with van der Waals surface area (Å²) in [5.41, 5.74) is 0. The minimum absolute atomic E-state index is 0.108. The van der Waals surface area contributed by atoms with E-state index in [1.54, 1.807) is 0 Å². The number of carbonyl (C=O) groups is 1. The average Bonchev–Trinajstić information content (AvgIpc) is 2.68. The molecule has 1 atom stereocenters. The molecule has 0 aromatic rings. The first-order valence-corrected chi connectivity index (χ1v) is 12.6. The van der Waals surface area contributed by atoms with Crippen LogP contribution in [0.15, 0.2) is 12.2 Å². The molecule has 1 unspecified atom stereocenters. The molecule has 0 radical (unpaired) electrons. The molecule has 1 N–H and O–H groups in total. The smallest absolute Gasteiger partial charge is 0.306 e. The van der Waals surface area contributed by atoms with Gasteiger partial charge in [-0.05, 0) is 38.5 Å². The van der Waals surface area contributed by atoms with E-state index in [1.807, 2.05) is 0 Å². The van der Waals surface area contributed by atoms with Crippen molar-refractivity contribution in [3.63, 3.8) is 0 Å². The summed E-state index contributed by atoms with van der Waals surface area (Å²) in [5, 5.41) is 9.41. The van der Waals surface area contributed by atoms with Crippen molar-refractivity contribution < 1.29 is 9.90 Å². The van der Waals surface area contributed by atoms with Gasteiger partial charge >= 0.3 is 5.97 Å². The minimum atomic E-state index is -0.578. The Kier molecular flexibility index (Phi) is 21.9. The summed E-state index contributed by atoms with van der Waals surface area (Å²) in [6.07, 6.45) is 29.4. The Labute approximate surface area is 176 Å². The van der Waals surface area contributed by atoms with E-state index in [0.29, 0.717) is 0 Å². The fourth-order valence-electron chi connectivity index (χ4n) is 3.85. The summed E-state index contributed by atoms with van der Waals surface area (Å²) < 4.78 is 0. The maximum Gasteiger partial charge on any atom is 0.306 e. The van der Waals surface area contributed by atoms with Gasteiger partial charge in [0.15, 0.2) is 0 Å². The Morgan fingerprint density at radius 1 is 0.607 bits per heavy atom. The van der Waals surface area contributed by atoms with Gasteiger partial charge in [-0.1, -0.05) is 116 Å². The third-order valence-electron chi connectivity index (χ3n) is 5.82. The van der Waals surface area contributed by atoms with Crippen LogP contribution < -0.4 is 0 Å². The molecule has 0 aromatic heterocycles. The van der Waals surface area contributed by atoms with Gasteiger partial charge in [-0.2, -0.15) is 0 Å². The zero-order valence-electron chi connectivity index (χ0n) is 19.2. The molecule has 0 fully saturated rings. The van der Waals surface area contributed by atoms with Crippen LogP contribution in [0.2, 0.25) is 0 Å². The number of aliphatic carboxylic acids is 1. The lowest BCUT2D eigenvalue weighted by molar-refractivity contribution is -0.142. The molecule has 2 nitrogen and oxygen atoms in total. The Morgan fingerprint density at radius 3 is 1.36 bits per heavy atom. The Morgan fingerprint density at radius 2 is 0.964 bits per heavy atom. The largest absolute Gasteiger partial charge is 0.481 e. The van der Waals surface area contributed by atoms with Crippen molar-refractivity contribution in [3.05, 3.63) is 12.2 Å². The van der Waals surface area contributed by atoms with Gasteiger partial charge in [-0.25, -0.2) is 0 Å². The Balaban J connectivity index is 3.47. The summed E-state index contributed by atoms with van der Waals surface area (Å²) in [5.74, 6) is -0.686. The highest BCUT2D eigenvalue weighted by atomic mass is 16.4. The van der Waals surface area contributed by atoms with Crippen molar-refractivity contribution in [3.8, 4) is 0 Å². The van der Waals surface area contributed by atoms with Crippen LogP contribution in [0, 0.1) is 5.92 Å². The number of carboxylic acids is 1. The van der Waals surface area contributed by atoms with Gasteiger partial charge in [0.25, 0.3) is 0 Å². The van der Waals surface area contributed by atoms with E-state index in [-0.39, 0.29) is 5.92 Å². The van der Waals surface area contributed by atoms with Crippen LogP contribution in [0.5, 0.6) is 0 Å². The molecule has 0 aliphatic rings. The van der Waals surface area contributed by atoms with Crippen molar-refractivity contribution in [2.75, 3.05) is 0 Å². The highest BCUT2D eigenvalue weighted by molar-refractivity contribution is 5.69. The Hall–Kier alpha value is -0.790. The molecule has 0 rings (SSSR count). The van der Waals surface area contributed by atoms with Crippen LogP contribution >= 0.6 is 0 Å². The van der Waals surface area contributed by atoms with Crippen molar-refractivity contribution >= 4 is 5.97 Å². The molecule has 28 heavy (non-hydrogen) atoms. The number of hydrogen-bond acceptors (Lipinski definition) is 1. The maximum atomic E-state index is 11.4. The molecule has 0 spiro atoms. The minimum Gasteiger partial charge on any atom is -0.481 e. The van der Waals surface area contributed by atoms with E-state index >= 15 is 0 Å². The van der Waals surface area contributed by atoms with Crippen molar-refractivity contribution in [1.29, 1.82) is 0 Å². The van der Waals surface area contributed by atoms with E-state index in [9.17, 15) is 9.90 Å². The standard InChI is InChI=1S/C26H50O2/c1-3-5-7-9-11-12-13-14-15-16-17-18-20-22-24-25(26(27)28)23-21-19-10-8-6-4-2/h14-15,25H,3-13,16-24H2,1-2H3,(H,27,28). The molecule has 0 aliphatic carbocycles. The van der Waals surface area contributed by atoms with E-state index in [0.717, 1.165) is 25.7 Å². The van der Waals surface area contributed by atoms with Gasteiger partial charge in [0.2, 0.25) is 0 Å². The molecular formula is C26H50O2. The predicted octanol–water partition coefficient (Wildman–Crippen LogP) is 9.09. The predicted molar refractivity (Wildman–Crippen MR) is 124 cm³/mol. The molecule has 0 saturated carbocycles. The molecule has 0 aliphatic heterocycles. The molecule has 0 saturated heterocycles. The molecule has 0 heterocycles. The van der Waals surface area contributed by atoms with Crippen LogP contribution in [0.3, 0.4) is 0 Å². The zero-order valence-corrected chi connectivity index (χ0v) is 19.2. The van der Waals surface area contributed by atoms with Gasteiger partial charge in [0.1, 0.15) is 0 Å². The van der Waals surface area contributed by atoms with Crippen molar-refractivity contribution in [2.24, 2.45) is 5.92 Å². The molecule has 0 amide bonds. The first-order chi connectivity index (χ1) is 13.7. The average molecular weight is 395 g/mol. The molecule has 166 valence electrons. The third kappa shape index (κ3) is 20.0. The lowest BCUT2D eigenvalue weighted by Gasteiger charge is -2.12. The fourth-order valence-corrected chi connectivity index (χ4v) is 3.85. The van der Waals surface area contributed by atoms with Gasteiger partial charge in [0, 0.05) is 0 Å². The topological polar surface area (TPSA) is 37.3 Å². The quantitative estimate of drug-likeness (QED) is 0.147. The zero-order chi connectivity index (χ0) is 20.7. The van der Waals surface area contributed by atoms with Crippen LogP contribution in [0.1, 0.15) is 142 Å². The first-order valence-electron chi connectivity index (χ1n) is 12.6. The molecule has 0 aromatic carbocycles. The van der Waals surface area contributed by atoms with E-state index in [1.165, 1.54) is 103 Å². The number of allylic oxidation sites excluding steroid dienone is 2. The second kappa shape index (κ2) is 22.5. The van der Waals surface area contributed by atoms with Gasteiger partial charge in [-0.3, -0.25) is 4.79 Å². The second-order valence-corrected chi connectivity index (χ2v) is 8.61. The van der Waals surface area contributed by atoms with Crippen LogP contribution in [-0.4, -0.2) is 11.1 Å². The SMILES string of the molecule is CCCCCCCCC=CCCCCCCC(CCCCCCCC)C(=O)O. The Bertz CT molecular complexity index is 348. The van der Waals surface area contributed by atoms with E-state index in [4.69, 9.17) is 0 Å². The third-order valence-corrected chi connectivity index (χ3v) is 5.82. The van der Waals surface area contributed by atoms with Gasteiger partial charge in [-0.15, -0.1) is 0 Å². The van der Waals surface area contributed by atoms with Crippen LogP contribution in [0.4, 0.5) is 0 Å². The maximum absolute atomic E-state index is 11.4. The molecule has 0 bridgehead atoms. The molecule has 2 heteroatoms. The monoisotopic (exact) mass is 394 g/mol. The first kappa shape index (κ1) is 27.2. The summed E-state index contributed by atoms with van der Waals surface area (Å²) in [6.45, 7) is 4.50. The van der Waals surface area contributed by atoms with Crippen molar-refractivity contribution in [1.82, 2.24) is 0 Å². The van der Waals surface area contributed by atoms with E-state index in [2.05, 4.69) is 26.0 Å². The van der Waals surface area contributed by atoms with Crippen LogP contribution in [0.25, 0.3) is 0 Å².